The first-order chi connectivity index (χ1) is 6.25. The van der Waals surface area contributed by atoms with Gasteiger partial charge in [-0.25, -0.2) is 0 Å². The van der Waals surface area contributed by atoms with Crippen LogP contribution >= 0.6 is 0 Å². The Bertz CT molecular complexity index is 501. The summed E-state index contributed by atoms with van der Waals surface area (Å²) >= 11 is 0. The molecule has 0 unspecified atom stereocenters. The van der Waals surface area contributed by atoms with Crippen molar-refractivity contribution in [1.29, 1.82) is 5.26 Å². The molecule has 2 heterocycles. The molecule has 2 aromatic heterocycles. The normalized spacial score (nSPS) is 10.2. The standard InChI is InChI=1S/C11H10N2/c1-8-9(2)11(7-12)13-6-4-3-5-10(8)13/h3-6H,1-2H3. The summed E-state index contributed by atoms with van der Waals surface area (Å²) in [7, 11) is 0. The van der Waals surface area contributed by atoms with E-state index in [1.54, 1.807) is 0 Å². The average molecular weight is 170 g/mol. The molecule has 0 amide bonds. The second-order valence-corrected chi connectivity index (χ2v) is 3.17. The van der Waals surface area contributed by atoms with Gasteiger partial charge in [-0.3, -0.25) is 0 Å². The number of pyridine rings is 1. The largest absolute Gasteiger partial charge is 0.308 e. The minimum absolute atomic E-state index is 0.744. The third kappa shape index (κ3) is 0.940. The molecule has 0 atom stereocenters. The molecule has 2 nitrogen and oxygen atoms in total. The van der Waals surface area contributed by atoms with Gasteiger partial charge < -0.3 is 4.40 Å². The van der Waals surface area contributed by atoms with Crippen LogP contribution < -0.4 is 0 Å². The van der Waals surface area contributed by atoms with Gasteiger partial charge in [0, 0.05) is 11.7 Å². The van der Waals surface area contributed by atoms with E-state index in [1.165, 1.54) is 5.56 Å². The van der Waals surface area contributed by atoms with Gasteiger partial charge in [-0.1, -0.05) is 6.07 Å². The van der Waals surface area contributed by atoms with Crippen molar-refractivity contribution in [2.45, 2.75) is 13.8 Å². The van der Waals surface area contributed by atoms with Crippen LogP contribution in [-0.4, -0.2) is 4.40 Å². The summed E-state index contributed by atoms with van der Waals surface area (Å²) in [6.45, 7) is 4.03. The van der Waals surface area contributed by atoms with E-state index in [-0.39, 0.29) is 0 Å². The van der Waals surface area contributed by atoms with Crippen molar-refractivity contribution < 1.29 is 0 Å². The van der Waals surface area contributed by atoms with E-state index in [0.29, 0.717) is 0 Å². The Morgan fingerprint density at radius 2 is 2.00 bits per heavy atom. The predicted molar refractivity (Wildman–Crippen MR) is 51.6 cm³/mol. The van der Waals surface area contributed by atoms with Crippen LogP contribution in [0.5, 0.6) is 0 Å². The van der Waals surface area contributed by atoms with E-state index >= 15 is 0 Å². The lowest BCUT2D eigenvalue weighted by Crippen LogP contribution is -1.86. The quantitative estimate of drug-likeness (QED) is 0.596. The molecule has 2 aromatic rings. The van der Waals surface area contributed by atoms with E-state index in [2.05, 4.69) is 6.07 Å². The fraction of sp³-hybridized carbons (Fsp3) is 0.182. The van der Waals surface area contributed by atoms with Crippen LogP contribution in [0, 0.1) is 25.2 Å². The third-order valence-corrected chi connectivity index (χ3v) is 2.51. The van der Waals surface area contributed by atoms with E-state index in [0.717, 1.165) is 16.8 Å². The maximum absolute atomic E-state index is 8.96. The molecule has 0 fully saturated rings. The molecule has 0 aromatic carbocycles. The molecule has 0 aliphatic heterocycles. The van der Waals surface area contributed by atoms with Gasteiger partial charge in [0.2, 0.25) is 0 Å². The van der Waals surface area contributed by atoms with Crippen molar-refractivity contribution in [2.24, 2.45) is 0 Å². The van der Waals surface area contributed by atoms with Gasteiger partial charge >= 0.3 is 0 Å². The summed E-state index contributed by atoms with van der Waals surface area (Å²) in [5.74, 6) is 0. The first-order valence-electron chi connectivity index (χ1n) is 4.22. The summed E-state index contributed by atoms with van der Waals surface area (Å²) in [4.78, 5) is 0. The number of aryl methyl sites for hydroxylation is 1. The fourth-order valence-electron chi connectivity index (χ4n) is 1.63. The Hall–Kier alpha value is -1.75. The minimum Gasteiger partial charge on any atom is -0.308 e. The van der Waals surface area contributed by atoms with Crippen molar-refractivity contribution in [3.05, 3.63) is 41.2 Å². The van der Waals surface area contributed by atoms with E-state index < -0.39 is 0 Å². The maximum atomic E-state index is 8.96. The first kappa shape index (κ1) is 7.88. The Morgan fingerprint density at radius 1 is 1.23 bits per heavy atom. The lowest BCUT2D eigenvalue weighted by Gasteiger charge is -1.93. The molecule has 0 spiro atoms. The monoisotopic (exact) mass is 170 g/mol. The molecular formula is C11H10N2. The number of nitriles is 1. The highest BCUT2D eigenvalue weighted by Crippen LogP contribution is 2.20. The number of nitrogens with zero attached hydrogens (tertiary/aromatic N) is 2. The van der Waals surface area contributed by atoms with Gasteiger partial charge in [-0.15, -0.1) is 0 Å². The summed E-state index contributed by atoms with van der Waals surface area (Å²) in [5.41, 5.74) is 4.13. The van der Waals surface area contributed by atoms with Crippen molar-refractivity contribution in [3.63, 3.8) is 0 Å². The van der Waals surface area contributed by atoms with Crippen molar-refractivity contribution in [3.8, 4) is 6.07 Å². The molecule has 2 rings (SSSR count). The Balaban J connectivity index is 3.00. The number of fused-ring (bicyclic) bond motifs is 1. The average Bonchev–Trinajstić information content (AvgIpc) is 2.41. The van der Waals surface area contributed by atoms with Crippen LogP contribution in [0.2, 0.25) is 0 Å². The van der Waals surface area contributed by atoms with E-state index in [1.807, 2.05) is 42.6 Å². The predicted octanol–water partition coefficient (Wildman–Crippen LogP) is 2.43. The number of rotatable bonds is 0. The molecule has 0 bridgehead atoms. The van der Waals surface area contributed by atoms with Crippen LogP contribution in [-0.2, 0) is 0 Å². The molecule has 0 N–H and O–H groups in total. The summed E-state index contributed by atoms with van der Waals surface area (Å²) in [6.07, 6.45) is 1.92. The van der Waals surface area contributed by atoms with E-state index in [9.17, 15) is 0 Å². The Morgan fingerprint density at radius 3 is 2.69 bits per heavy atom. The van der Waals surface area contributed by atoms with Crippen molar-refractivity contribution >= 4 is 5.52 Å². The molecule has 64 valence electrons. The molecule has 2 heteroatoms. The number of hydrogen-bond acceptors (Lipinski definition) is 1. The highest BCUT2D eigenvalue weighted by molar-refractivity contribution is 5.63. The van der Waals surface area contributed by atoms with Crippen molar-refractivity contribution in [1.82, 2.24) is 4.40 Å². The summed E-state index contributed by atoms with van der Waals surface area (Å²) in [6, 6.07) is 8.18. The van der Waals surface area contributed by atoms with Gasteiger partial charge in [0.25, 0.3) is 0 Å². The highest BCUT2D eigenvalue weighted by Gasteiger charge is 2.09. The SMILES string of the molecule is Cc1c(C)c2ccccn2c1C#N. The van der Waals surface area contributed by atoms with Gasteiger partial charge in [0.05, 0.1) is 0 Å². The second kappa shape index (κ2) is 2.63. The summed E-state index contributed by atoms with van der Waals surface area (Å²) in [5, 5.41) is 8.96. The number of hydrogen-bond donors (Lipinski definition) is 0. The van der Waals surface area contributed by atoms with Gasteiger partial charge in [0.1, 0.15) is 11.8 Å². The van der Waals surface area contributed by atoms with E-state index in [4.69, 9.17) is 5.26 Å². The zero-order valence-corrected chi connectivity index (χ0v) is 7.70. The molecule has 0 radical (unpaired) electrons. The van der Waals surface area contributed by atoms with Crippen LogP contribution in [0.25, 0.3) is 5.52 Å². The smallest absolute Gasteiger partial charge is 0.128 e. The molecular weight excluding hydrogens is 160 g/mol. The topological polar surface area (TPSA) is 28.2 Å². The second-order valence-electron chi connectivity index (χ2n) is 3.17. The third-order valence-electron chi connectivity index (χ3n) is 2.51. The number of aromatic nitrogens is 1. The first-order valence-corrected chi connectivity index (χ1v) is 4.22. The van der Waals surface area contributed by atoms with Crippen LogP contribution in [0.15, 0.2) is 24.4 Å². The van der Waals surface area contributed by atoms with Gasteiger partial charge in [-0.2, -0.15) is 5.26 Å². The lowest BCUT2D eigenvalue weighted by atomic mass is 10.2. The van der Waals surface area contributed by atoms with Crippen LogP contribution in [0.4, 0.5) is 0 Å². The molecule has 0 aliphatic carbocycles. The van der Waals surface area contributed by atoms with Crippen LogP contribution in [0.3, 0.4) is 0 Å². The van der Waals surface area contributed by atoms with Crippen molar-refractivity contribution in [2.75, 3.05) is 0 Å². The minimum atomic E-state index is 0.744. The van der Waals surface area contributed by atoms with Gasteiger partial charge in [-0.05, 0) is 37.1 Å². The molecule has 0 saturated carbocycles. The highest BCUT2D eigenvalue weighted by atomic mass is 14.9. The molecule has 13 heavy (non-hydrogen) atoms. The lowest BCUT2D eigenvalue weighted by molar-refractivity contribution is 1.14. The van der Waals surface area contributed by atoms with Gasteiger partial charge in [0.15, 0.2) is 0 Å². The maximum Gasteiger partial charge on any atom is 0.128 e. The molecule has 0 aliphatic rings. The molecule has 0 saturated heterocycles. The zero-order chi connectivity index (χ0) is 9.42. The zero-order valence-electron chi connectivity index (χ0n) is 7.70. The fourth-order valence-corrected chi connectivity index (χ4v) is 1.63. The van der Waals surface area contributed by atoms with Crippen LogP contribution in [0.1, 0.15) is 16.8 Å². The Labute approximate surface area is 77.0 Å². The summed E-state index contributed by atoms with van der Waals surface area (Å²) < 4.78 is 1.94. The Kier molecular flexibility index (Phi) is 1.60.